The van der Waals surface area contributed by atoms with Gasteiger partial charge in [-0.1, -0.05) is 0 Å². The molecule has 0 amide bonds. The fraction of sp³-hybridized carbons (Fsp3) is 1.00. The molecule has 0 bridgehead atoms. The van der Waals surface area contributed by atoms with E-state index in [4.69, 9.17) is 0 Å². The van der Waals surface area contributed by atoms with E-state index in [1.54, 1.807) is 7.05 Å². The molecule has 54 valence electrons. The van der Waals surface area contributed by atoms with E-state index in [1.807, 2.05) is 0 Å². The Morgan fingerprint density at radius 2 is 2.22 bits per heavy atom. The van der Waals surface area contributed by atoms with Crippen molar-refractivity contribution in [2.75, 3.05) is 26.9 Å². The van der Waals surface area contributed by atoms with Gasteiger partial charge >= 0.3 is 0 Å². The Kier molecular flexibility index (Phi) is 1.97. The van der Waals surface area contributed by atoms with Gasteiger partial charge in [-0.05, 0) is 7.05 Å². The summed E-state index contributed by atoms with van der Waals surface area (Å²) in [5.74, 6) is 0. The highest BCUT2D eigenvalue weighted by atomic mass is 19.2. The highest BCUT2D eigenvalue weighted by Crippen LogP contribution is 2.12. The van der Waals surface area contributed by atoms with Crippen LogP contribution in [-0.2, 0) is 0 Å². The van der Waals surface area contributed by atoms with Gasteiger partial charge in [0.25, 0.3) is 0 Å². The van der Waals surface area contributed by atoms with Crippen molar-refractivity contribution in [3.8, 4) is 0 Å². The Balaban J connectivity index is 2.41. The van der Waals surface area contributed by atoms with Gasteiger partial charge in [0, 0.05) is 13.1 Å². The predicted molar refractivity (Wildman–Crippen MR) is 30.2 cm³/mol. The highest BCUT2D eigenvalue weighted by Gasteiger charge is 2.28. The molecule has 0 aromatic rings. The van der Waals surface area contributed by atoms with E-state index >= 15 is 0 Å². The molecule has 0 N–H and O–H groups in total. The van der Waals surface area contributed by atoms with Gasteiger partial charge in [-0.25, -0.2) is 13.7 Å². The average molecular weight is 136 g/mol. The molecule has 1 unspecified atom stereocenters. The van der Waals surface area contributed by atoms with Crippen molar-refractivity contribution in [2.45, 2.75) is 6.42 Å². The quantitative estimate of drug-likeness (QED) is 0.482. The third-order valence-corrected chi connectivity index (χ3v) is 1.56. The first-order chi connectivity index (χ1) is 4.25. The number of hydrogen-bond donors (Lipinski definition) is 0. The molecule has 1 fully saturated rings. The maximum atomic E-state index is 12.6. The average Bonchev–Trinajstić information content (AvgIpc) is 2.15. The molecule has 2 nitrogen and oxygen atoms in total. The summed E-state index contributed by atoms with van der Waals surface area (Å²) >= 11 is 0. The first kappa shape index (κ1) is 6.89. The SMILES string of the molecule is CN1CCN(CF)C1F. The standard InChI is InChI=1S/C5H10F2N2/c1-8-2-3-9(4-6)5(8)7/h5H,2-4H2,1H3. The molecule has 1 aliphatic rings. The zero-order valence-corrected chi connectivity index (χ0v) is 5.35. The Hall–Kier alpha value is -0.220. The minimum Gasteiger partial charge on any atom is -0.263 e. The summed E-state index contributed by atoms with van der Waals surface area (Å²) in [6.45, 7) is 0.421. The Labute approximate surface area is 53.0 Å². The lowest BCUT2D eigenvalue weighted by Gasteiger charge is -2.16. The molecule has 9 heavy (non-hydrogen) atoms. The van der Waals surface area contributed by atoms with Crippen LogP contribution in [0.15, 0.2) is 0 Å². The number of nitrogens with zero attached hydrogens (tertiary/aromatic N) is 2. The summed E-state index contributed by atoms with van der Waals surface area (Å²) in [5, 5.41) is 0. The summed E-state index contributed by atoms with van der Waals surface area (Å²) in [6, 6.07) is 0. The summed E-state index contributed by atoms with van der Waals surface area (Å²) in [6.07, 6.45) is -1.21. The van der Waals surface area contributed by atoms with Crippen molar-refractivity contribution in [1.29, 1.82) is 0 Å². The summed E-state index contributed by atoms with van der Waals surface area (Å²) in [7, 11) is 1.64. The van der Waals surface area contributed by atoms with Crippen molar-refractivity contribution < 1.29 is 8.78 Å². The molecule has 0 aromatic heterocycles. The van der Waals surface area contributed by atoms with Crippen LogP contribution >= 0.6 is 0 Å². The molecule has 1 rings (SSSR count). The van der Waals surface area contributed by atoms with Gasteiger partial charge in [-0.15, -0.1) is 0 Å². The predicted octanol–water partition coefficient (Wildman–Crippen LogP) is 0.414. The maximum absolute atomic E-state index is 12.6. The number of alkyl halides is 2. The molecular formula is C5H10F2N2. The fourth-order valence-corrected chi connectivity index (χ4v) is 0.895. The Morgan fingerprint density at radius 1 is 1.56 bits per heavy atom. The summed E-state index contributed by atoms with van der Waals surface area (Å²) < 4.78 is 24.4. The maximum Gasteiger partial charge on any atom is 0.212 e. The van der Waals surface area contributed by atoms with E-state index in [9.17, 15) is 8.78 Å². The molecule has 1 saturated heterocycles. The Bertz CT molecular complexity index is 99.0. The van der Waals surface area contributed by atoms with E-state index < -0.39 is 13.2 Å². The molecule has 1 heterocycles. The van der Waals surface area contributed by atoms with Crippen molar-refractivity contribution in [3.05, 3.63) is 0 Å². The molecule has 0 aromatic carbocycles. The van der Waals surface area contributed by atoms with Crippen LogP contribution in [0.1, 0.15) is 0 Å². The second kappa shape index (κ2) is 2.58. The van der Waals surface area contributed by atoms with Crippen LogP contribution in [0.25, 0.3) is 0 Å². The van der Waals surface area contributed by atoms with Crippen LogP contribution in [0.3, 0.4) is 0 Å². The van der Waals surface area contributed by atoms with Crippen LogP contribution in [0.4, 0.5) is 8.78 Å². The fourth-order valence-electron chi connectivity index (χ4n) is 0.895. The van der Waals surface area contributed by atoms with Gasteiger partial charge in [0.2, 0.25) is 6.42 Å². The van der Waals surface area contributed by atoms with Gasteiger partial charge < -0.3 is 0 Å². The lowest BCUT2D eigenvalue weighted by molar-refractivity contribution is 0.00790. The zero-order chi connectivity index (χ0) is 6.85. The van der Waals surface area contributed by atoms with Crippen molar-refractivity contribution in [3.63, 3.8) is 0 Å². The molecule has 0 aliphatic carbocycles. The lowest BCUT2D eigenvalue weighted by Crippen LogP contribution is -2.31. The van der Waals surface area contributed by atoms with Gasteiger partial charge in [0.15, 0.2) is 0 Å². The van der Waals surface area contributed by atoms with Crippen molar-refractivity contribution >= 4 is 0 Å². The molecule has 0 spiro atoms. The zero-order valence-electron chi connectivity index (χ0n) is 5.35. The van der Waals surface area contributed by atoms with E-state index in [0.29, 0.717) is 13.1 Å². The summed E-state index contributed by atoms with van der Waals surface area (Å²) in [5.41, 5.74) is 0. The van der Waals surface area contributed by atoms with Crippen LogP contribution in [0.2, 0.25) is 0 Å². The van der Waals surface area contributed by atoms with Crippen molar-refractivity contribution in [1.82, 2.24) is 9.80 Å². The number of halogens is 2. The third kappa shape index (κ3) is 1.19. The first-order valence-electron chi connectivity index (χ1n) is 2.90. The topological polar surface area (TPSA) is 6.48 Å². The van der Waals surface area contributed by atoms with E-state index in [0.717, 1.165) is 4.90 Å². The highest BCUT2D eigenvalue weighted by molar-refractivity contribution is 4.68. The van der Waals surface area contributed by atoms with Crippen LogP contribution in [0, 0.1) is 0 Å². The largest absolute Gasteiger partial charge is 0.263 e. The van der Waals surface area contributed by atoms with E-state index in [2.05, 4.69) is 0 Å². The first-order valence-corrected chi connectivity index (χ1v) is 2.90. The molecule has 1 aliphatic heterocycles. The van der Waals surface area contributed by atoms with Gasteiger partial charge in [0.1, 0.15) is 6.80 Å². The second-order valence-electron chi connectivity index (χ2n) is 2.22. The number of hydrogen-bond acceptors (Lipinski definition) is 2. The second-order valence-corrected chi connectivity index (χ2v) is 2.22. The third-order valence-electron chi connectivity index (χ3n) is 1.56. The van der Waals surface area contributed by atoms with Crippen molar-refractivity contribution in [2.24, 2.45) is 0 Å². The minimum atomic E-state index is -1.21. The molecule has 1 atom stereocenters. The van der Waals surface area contributed by atoms with Crippen LogP contribution in [0.5, 0.6) is 0 Å². The van der Waals surface area contributed by atoms with E-state index in [-0.39, 0.29) is 0 Å². The summed E-state index contributed by atoms with van der Waals surface area (Å²) in [4.78, 5) is 2.61. The van der Waals surface area contributed by atoms with Gasteiger partial charge in [-0.2, -0.15) is 0 Å². The van der Waals surface area contributed by atoms with E-state index in [1.165, 1.54) is 4.90 Å². The number of rotatable bonds is 1. The van der Waals surface area contributed by atoms with Gasteiger partial charge in [0.05, 0.1) is 0 Å². The number of likely N-dealkylation sites (N-methyl/N-ethyl adjacent to an activating group) is 1. The molecule has 0 saturated carbocycles. The van der Waals surface area contributed by atoms with Crippen LogP contribution in [-0.4, -0.2) is 43.2 Å². The lowest BCUT2D eigenvalue weighted by atomic mass is 10.6. The smallest absolute Gasteiger partial charge is 0.212 e. The monoisotopic (exact) mass is 136 g/mol. The van der Waals surface area contributed by atoms with Gasteiger partial charge in [-0.3, -0.25) is 4.90 Å². The molecule has 4 heteroatoms. The molecule has 0 radical (unpaired) electrons. The Morgan fingerprint density at radius 3 is 2.44 bits per heavy atom. The normalized spacial score (nSPS) is 31.7. The molecular weight excluding hydrogens is 126 g/mol. The van der Waals surface area contributed by atoms with Crippen LogP contribution < -0.4 is 0 Å². The minimum absolute atomic E-state index is 0.494.